The Balaban J connectivity index is 1.97. The highest BCUT2D eigenvalue weighted by atomic mass is 35.5. The highest BCUT2D eigenvalue weighted by molar-refractivity contribution is 7.99. The molecule has 0 atom stereocenters. The first-order valence-electron chi connectivity index (χ1n) is 7.30. The molecule has 0 unspecified atom stereocenters. The quantitative estimate of drug-likeness (QED) is 0.374. The Morgan fingerprint density at radius 2 is 1.92 bits per heavy atom. The van der Waals surface area contributed by atoms with Crippen LogP contribution < -0.4 is 5.32 Å². The molecule has 0 aliphatic heterocycles. The van der Waals surface area contributed by atoms with Crippen molar-refractivity contribution in [3.8, 4) is 0 Å². The Morgan fingerprint density at radius 3 is 2.60 bits per heavy atom. The third-order valence-electron chi connectivity index (χ3n) is 3.36. The molecule has 3 rings (SSSR count). The fourth-order valence-electron chi connectivity index (χ4n) is 2.10. The zero-order chi connectivity index (χ0) is 17.8. The average molecular weight is 373 g/mol. The summed E-state index contributed by atoms with van der Waals surface area (Å²) in [5.74, 6) is 0.123. The van der Waals surface area contributed by atoms with Gasteiger partial charge in [0.05, 0.1) is 4.92 Å². The number of hydrogen-bond donors (Lipinski definition) is 1. The van der Waals surface area contributed by atoms with Gasteiger partial charge < -0.3 is 5.32 Å². The molecular weight excluding hydrogens is 360 g/mol. The highest BCUT2D eigenvalue weighted by Gasteiger charge is 2.24. The number of hydrogen-bond acceptors (Lipinski definition) is 6. The van der Waals surface area contributed by atoms with Gasteiger partial charge in [-0.05, 0) is 36.8 Å². The Hall–Kier alpha value is -2.64. The predicted molar refractivity (Wildman–Crippen MR) is 98.7 cm³/mol. The van der Waals surface area contributed by atoms with Gasteiger partial charge in [-0.2, -0.15) is 0 Å². The summed E-state index contributed by atoms with van der Waals surface area (Å²) in [5.41, 5.74) is 1.37. The standard InChI is InChI=1S/C17H13ClN4O2S/c1-11-7-8-12(9-14(11)18)21-16-15(22(23)24)17(20-10-19-16)25-13-5-3-2-4-6-13/h2-10H,1H3,(H,19,20,21). The SMILES string of the molecule is Cc1ccc(Nc2ncnc(Sc3ccccc3)c2[N+](=O)[O-])cc1Cl. The lowest BCUT2D eigenvalue weighted by Crippen LogP contribution is -2.03. The van der Waals surface area contributed by atoms with E-state index in [0.29, 0.717) is 10.7 Å². The second kappa shape index (κ2) is 7.50. The number of nitrogens with one attached hydrogen (secondary N) is 1. The Labute approximate surface area is 153 Å². The van der Waals surface area contributed by atoms with Crippen LogP contribution in [-0.2, 0) is 0 Å². The van der Waals surface area contributed by atoms with E-state index in [2.05, 4.69) is 15.3 Å². The van der Waals surface area contributed by atoms with E-state index in [9.17, 15) is 10.1 Å². The fourth-order valence-corrected chi connectivity index (χ4v) is 3.17. The molecule has 0 amide bonds. The van der Waals surface area contributed by atoms with Crippen molar-refractivity contribution in [2.75, 3.05) is 5.32 Å². The van der Waals surface area contributed by atoms with Crippen molar-refractivity contribution >= 4 is 40.6 Å². The molecule has 0 saturated carbocycles. The number of anilines is 2. The van der Waals surface area contributed by atoms with Crippen LogP contribution in [0.4, 0.5) is 17.2 Å². The molecule has 3 aromatic rings. The second-order valence-corrected chi connectivity index (χ2v) is 6.61. The van der Waals surface area contributed by atoms with E-state index in [1.54, 1.807) is 12.1 Å². The van der Waals surface area contributed by atoms with Crippen molar-refractivity contribution in [3.05, 3.63) is 75.6 Å². The largest absolute Gasteiger partial charge is 0.343 e. The Morgan fingerprint density at radius 1 is 1.16 bits per heavy atom. The van der Waals surface area contributed by atoms with Crippen molar-refractivity contribution in [2.24, 2.45) is 0 Å². The summed E-state index contributed by atoms with van der Waals surface area (Å²) in [7, 11) is 0. The Kier molecular flexibility index (Phi) is 5.16. The van der Waals surface area contributed by atoms with Gasteiger partial charge in [0.15, 0.2) is 5.03 Å². The summed E-state index contributed by atoms with van der Waals surface area (Å²) in [6, 6.07) is 14.7. The van der Waals surface area contributed by atoms with Crippen molar-refractivity contribution in [2.45, 2.75) is 16.8 Å². The zero-order valence-electron chi connectivity index (χ0n) is 13.1. The smallest absolute Gasteiger partial charge is 0.334 e. The van der Waals surface area contributed by atoms with Crippen molar-refractivity contribution in [3.63, 3.8) is 0 Å². The molecule has 6 nitrogen and oxygen atoms in total. The first kappa shape index (κ1) is 17.2. The molecule has 0 saturated heterocycles. The van der Waals surface area contributed by atoms with Crippen LogP contribution in [0.2, 0.25) is 5.02 Å². The van der Waals surface area contributed by atoms with E-state index < -0.39 is 4.92 Å². The van der Waals surface area contributed by atoms with Gasteiger partial charge in [-0.3, -0.25) is 10.1 Å². The van der Waals surface area contributed by atoms with Crippen molar-refractivity contribution in [1.29, 1.82) is 0 Å². The zero-order valence-corrected chi connectivity index (χ0v) is 14.7. The monoisotopic (exact) mass is 372 g/mol. The molecular formula is C17H13ClN4O2S. The number of nitro groups is 1. The molecule has 0 aliphatic carbocycles. The summed E-state index contributed by atoms with van der Waals surface area (Å²) in [6.07, 6.45) is 1.30. The van der Waals surface area contributed by atoms with E-state index in [-0.39, 0.29) is 16.5 Å². The molecule has 0 bridgehead atoms. The average Bonchev–Trinajstić information content (AvgIpc) is 2.59. The lowest BCUT2D eigenvalue weighted by atomic mass is 10.2. The molecule has 1 heterocycles. The fraction of sp³-hybridized carbons (Fsp3) is 0.0588. The summed E-state index contributed by atoms with van der Waals surface area (Å²) in [5, 5.41) is 15.4. The number of aromatic nitrogens is 2. The second-order valence-electron chi connectivity index (χ2n) is 5.14. The maximum Gasteiger partial charge on any atom is 0.343 e. The number of rotatable bonds is 5. The molecule has 1 N–H and O–H groups in total. The van der Waals surface area contributed by atoms with Crippen molar-refractivity contribution < 1.29 is 4.92 Å². The minimum atomic E-state index is -0.483. The molecule has 1 aromatic heterocycles. The number of aryl methyl sites for hydroxylation is 1. The molecule has 0 spiro atoms. The van der Waals surface area contributed by atoms with Crippen LogP contribution in [0.5, 0.6) is 0 Å². The number of nitrogens with zero attached hydrogens (tertiary/aromatic N) is 3. The molecule has 0 fully saturated rings. The highest BCUT2D eigenvalue weighted by Crippen LogP contribution is 2.37. The summed E-state index contributed by atoms with van der Waals surface area (Å²) < 4.78 is 0. The van der Waals surface area contributed by atoms with Gasteiger partial charge in [0.2, 0.25) is 5.82 Å². The van der Waals surface area contributed by atoms with E-state index in [0.717, 1.165) is 10.5 Å². The van der Waals surface area contributed by atoms with Gasteiger partial charge in [-0.25, -0.2) is 9.97 Å². The van der Waals surface area contributed by atoms with Gasteiger partial charge in [-0.1, -0.05) is 47.6 Å². The van der Waals surface area contributed by atoms with Gasteiger partial charge in [0, 0.05) is 15.6 Å². The first-order valence-corrected chi connectivity index (χ1v) is 8.49. The van der Waals surface area contributed by atoms with Gasteiger partial charge in [-0.15, -0.1) is 0 Å². The van der Waals surface area contributed by atoms with Crippen LogP contribution in [0.25, 0.3) is 0 Å². The molecule has 126 valence electrons. The Bertz CT molecular complexity index is 922. The maximum absolute atomic E-state index is 11.6. The van der Waals surface area contributed by atoms with E-state index >= 15 is 0 Å². The predicted octanol–water partition coefficient (Wildman–Crippen LogP) is 5.24. The topological polar surface area (TPSA) is 81.0 Å². The molecule has 0 radical (unpaired) electrons. The maximum atomic E-state index is 11.6. The van der Waals surface area contributed by atoms with Crippen LogP contribution in [0.15, 0.2) is 64.8 Å². The minimum Gasteiger partial charge on any atom is -0.334 e. The first-order chi connectivity index (χ1) is 12.0. The normalized spacial score (nSPS) is 10.5. The van der Waals surface area contributed by atoms with Crippen LogP contribution >= 0.6 is 23.4 Å². The minimum absolute atomic E-state index is 0.123. The number of halogens is 1. The summed E-state index contributed by atoms with van der Waals surface area (Å²) >= 11 is 7.32. The lowest BCUT2D eigenvalue weighted by Gasteiger charge is -2.09. The molecule has 0 aliphatic rings. The lowest BCUT2D eigenvalue weighted by molar-refractivity contribution is -0.387. The number of benzene rings is 2. The molecule has 2 aromatic carbocycles. The molecule has 25 heavy (non-hydrogen) atoms. The van der Waals surface area contributed by atoms with Crippen LogP contribution in [0, 0.1) is 17.0 Å². The third kappa shape index (κ3) is 4.07. The third-order valence-corrected chi connectivity index (χ3v) is 4.77. The van der Waals surface area contributed by atoms with Crippen LogP contribution in [0.3, 0.4) is 0 Å². The van der Waals surface area contributed by atoms with Crippen molar-refractivity contribution in [1.82, 2.24) is 9.97 Å². The van der Waals surface area contributed by atoms with Crippen LogP contribution in [0.1, 0.15) is 5.56 Å². The molecule has 8 heteroatoms. The van der Waals surface area contributed by atoms with Gasteiger partial charge in [0.25, 0.3) is 0 Å². The summed E-state index contributed by atoms with van der Waals surface area (Å²) in [4.78, 5) is 20.1. The van der Waals surface area contributed by atoms with Crippen LogP contribution in [-0.4, -0.2) is 14.9 Å². The van der Waals surface area contributed by atoms with E-state index in [1.165, 1.54) is 18.1 Å². The summed E-state index contributed by atoms with van der Waals surface area (Å²) in [6.45, 7) is 1.88. The van der Waals surface area contributed by atoms with Gasteiger partial charge in [0.1, 0.15) is 6.33 Å². The van der Waals surface area contributed by atoms with E-state index in [4.69, 9.17) is 11.6 Å². The van der Waals surface area contributed by atoms with Gasteiger partial charge >= 0.3 is 5.69 Å². The van der Waals surface area contributed by atoms with E-state index in [1.807, 2.05) is 43.3 Å².